The molecule has 0 bridgehead atoms. The third-order valence-electron chi connectivity index (χ3n) is 2.88. The summed E-state index contributed by atoms with van der Waals surface area (Å²) < 4.78 is 28.4. The Balaban J connectivity index is 0.00000161. The van der Waals surface area contributed by atoms with Gasteiger partial charge in [0, 0.05) is 37.4 Å². The van der Waals surface area contributed by atoms with Crippen molar-refractivity contribution in [3.05, 3.63) is 66.0 Å². The monoisotopic (exact) mass is 463 g/mol. The van der Waals surface area contributed by atoms with Crippen LogP contribution in [0.2, 0.25) is 0 Å². The van der Waals surface area contributed by atoms with Crippen LogP contribution in [-0.2, 0) is 20.1 Å². The summed E-state index contributed by atoms with van der Waals surface area (Å²) in [5.74, 6) is -0.451. The second kappa shape index (κ2) is 6.24. The van der Waals surface area contributed by atoms with Gasteiger partial charge in [0.15, 0.2) is 0 Å². The van der Waals surface area contributed by atoms with E-state index in [1.165, 1.54) is 6.07 Å². The Hall–Kier alpha value is -1.91. The molecule has 0 aliphatic carbocycles. The van der Waals surface area contributed by atoms with Crippen LogP contribution in [0, 0.1) is 24.6 Å². The van der Waals surface area contributed by atoms with Gasteiger partial charge in [0.2, 0.25) is 0 Å². The molecule has 1 aromatic heterocycles. The quantitative estimate of drug-likeness (QED) is 0.548. The largest absolute Gasteiger partial charge is 0.320 e. The molecule has 6 heteroatoms. The summed E-state index contributed by atoms with van der Waals surface area (Å²) in [6.45, 7) is 1.78. The van der Waals surface area contributed by atoms with E-state index in [1.807, 2.05) is 30.3 Å². The van der Waals surface area contributed by atoms with Gasteiger partial charge in [-0.1, -0.05) is 24.3 Å². The molecule has 0 saturated heterocycles. The summed E-state index contributed by atoms with van der Waals surface area (Å²) in [7, 11) is 0. The Morgan fingerprint density at radius 2 is 1.76 bits per heavy atom. The summed E-state index contributed by atoms with van der Waals surface area (Å²) in [6.07, 6.45) is 0. The van der Waals surface area contributed by atoms with Crippen molar-refractivity contribution in [3.8, 4) is 17.1 Å². The van der Waals surface area contributed by atoms with Crippen LogP contribution in [0.25, 0.3) is 17.1 Å². The minimum atomic E-state index is -0.764. The first-order valence-electron chi connectivity index (χ1n) is 6.01. The van der Waals surface area contributed by atoms with Gasteiger partial charge in [-0.25, -0.2) is 8.78 Å². The van der Waals surface area contributed by atoms with Crippen molar-refractivity contribution >= 4 is 0 Å². The Kier molecular flexibility index (Phi) is 4.60. The van der Waals surface area contributed by atoms with E-state index in [9.17, 15) is 8.78 Å². The van der Waals surface area contributed by atoms with Crippen LogP contribution < -0.4 is 0 Å². The Morgan fingerprint density at radius 3 is 2.43 bits per heavy atom. The molecule has 2 aromatic carbocycles. The van der Waals surface area contributed by atoms with Crippen LogP contribution in [0.3, 0.4) is 0 Å². The maximum atomic E-state index is 13.3. The first-order chi connectivity index (χ1) is 9.65. The maximum Gasteiger partial charge on any atom is 0.125 e. The third kappa shape index (κ3) is 3.06. The zero-order valence-electron chi connectivity index (χ0n) is 11.0. The van der Waals surface area contributed by atoms with E-state index in [4.69, 9.17) is 0 Å². The maximum absolute atomic E-state index is 13.3. The molecule has 0 aliphatic rings. The molecule has 0 fully saturated rings. The number of rotatable bonds is 2. The van der Waals surface area contributed by atoms with E-state index in [-0.39, 0.29) is 25.7 Å². The van der Waals surface area contributed by atoms with Crippen LogP contribution in [-0.4, -0.2) is 14.8 Å². The van der Waals surface area contributed by atoms with Gasteiger partial charge in [-0.05, 0) is 19.1 Å². The van der Waals surface area contributed by atoms with E-state index in [2.05, 4.69) is 16.3 Å². The van der Waals surface area contributed by atoms with Gasteiger partial charge < -0.3 is 4.57 Å². The number of aromatic nitrogens is 3. The van der Waals surface area contributed by atoms with Crippen molar-refractivity contribution < 1.29 is 28.9 Å². The van der Waals surface area contributed by atoms with Crippen molar-refractivity contribution in [1.29, 1.82) is 0 Å². The average Bonchev–Trinajstić information content (AvgIpc) is 2.80. The molecule has 0 atom stereocenters. The van der Waals surface area contributed by atoms with Gasteiger partial charge in [-0.15, -0.1) is 22.8 Å². The molecular formula is C15H10F2IrN3-. The molecule has 3 rings (SSSR count). The number of hydrogen-bond donors (Lipinski definition) is 0. The number of hydrogen-bond acceptors (Lipinski definition) is 2. The summed E-state index contributed by atoms with van der Waals surface area (Å²) in [4.78, 5) is 0. The summed E-state index contributed by atoms with van der Waals surface area (Å²) in [6, 6.07) is 13.8. The van der Waals surface area contributed by atoms with E-state index < -0.39 is 11.6 Å². The molecule has 109 valence electrons. The van der Waals surface area contributed by atoms with Crippen LogP contribution >= 0.6 is 0 Å². The molecule has 0 N–H and O–H groups in total. The number of nitrogens with zero attached hydrogens (tertiary/aromatic N) is 3. The van der Waals surface area contributed by atoms with Gasteiger partial charge >= 0.3 is 0 Å². The van der Waals surface area contributed by atoms with Gasteiger partial charge in [-0.2, -0.15) is 5.10 Å². The molecule has 0 aliphatic heterocycles. The molecular weight excluding hydrogens is 452 g/mol. The molecule has 0 saturated carbocycles. The molecule has 21 heavy (non-hydrogen) atoms. The molecule has 3 nitrogen and oxygen atoms in total. The fourth-order valence-corrected chi connectivity index (χ4v) is 2.04. The molecule has 1 heterocycles. The number of halogens is 2. The predicted molar refractivity (Wildman–Crippen MR) is 70.3 cm³/mol. The van der Waals surface area contributed by atoms with Crippen LogP contribution in [0.4, 0.5) is 8.78 Å². The van der Waals surface area contributed by atoms with Gasteiger partial charge in [0.05, 0.1) is 5.82 Å². The Bertz CT molecular complexity index is 737. The topological polar surface area (TPSA) is 30.7 Å². The van der Waals surface area contributed by atoms with Crippen LogP contribution in [0.5, 0.6) is 0 Å². The minimum Gasteiger partial charge on any atom is -0.320 e. The molecule has 3 aromatic rings. The van der Waals surface area contributed by atoms with Crippen molar-refractivity contribution in [2.75, 3.05) is 0 Å². The molecule has 0 unspecified atom stereocenters. The first-order valence-corrected chi connectivity index (χ1v) is 6.01. The number of aryl methyl sites for hydroxylation is 1. The summed E-state index contributed by atoms with van der Waals surface area (Å²) >= 11 is 0. The first kappa shape index (κ1) is 15.5. The Labute approximate surface area is 134 Å². The van der Waals surface area contributed by atoms with Crippen LogP contribution in [0.1, 0.15) is 5.82 Å². The molecule has 0 amide bonds. The molecule has 1 radical (unpaired) electrons. The van der Waals surface area contributed by atoms with Crippen molar-refractivity contribution in [3.63, 3.8) is 0 Å². The second-order valence-corrected chi connectivity index (χ2v) is 4.30. The van der Waals surface area contributed by atoms with E-state index >= 15 is 0 Å². The van der Waals surface area contributed by atoms with E-state index in [0.717, 1.165) is 11.8 Å². The van der Waals surface area contributed by atoms with Crippen LogP contribution in [0.15, 0.2) is 42.5 Å². The summed E-state index contributed by atoms with van der Waals surface area (Å²) in [5, 5.41) is 7.97. The average molecular weight is 462 g/mol. The number of para-hydroxylation sites is 1. The van der Waals surface area contributed by atoms with Crippen molar-refractivity contribution in [2.24, 2.45) is 0 Å². The summed E-state index contributed by atoms with van der Waals surface area (Å²) in [5.41, 5.74) is 1.05. The van der Waals surface area contributed by atoms with Gasteiger partial charge in [-0.3, -0.25) is 0 Å². The number of benzene rings is 2. The Morgan fingerprint density at radius 1 is 1.05 bits per heavy atom. The third-order valence-corrected chi connectivity index (χ3v) is 2.88. The second-order valence-electron chi connectivity index (χ2n) is 4.30. The fourth-order valence-electron chi connectivity index (χ4n) is 2.04. The molecule has 0 spiro atoms. The zero-order valence-corrected chi connectivity index (χ0v) is 13.4. The van der Waals surface area contributed by atoms with E-state index in [1.54, 1.807) is 11.5 Å². The normalized spacial score (nSPS) is 10.2. The van der Waals surface area contributed by atoms with Crippen molar-refractivity contribution in [1.82, 2.24) is 14.8 Å². The zero-order chi connectivity index (χ0) is 14.1. The van der Waals surface area contributed by atoms with E-state index in [0.29, 0.717) is 11.6 Å². The van der Waals surface area contributed by atoms with Gasteiger partial charge in [0.25, 0.3) is 0 Å². The van der Waals surface area contributed by atoms with Crippen molar-refractivity contribution in [2.45, 2.75) is 6.92 Å². The standard InChI is InChI=1S/C15H10F2N3.Ir/c1-10-18-19-15(11-7-12(16)9-13(17)8-11)20(10)14-5-3-2-4-6-14;/h2-7,9H,1H3;/q-1;. The van der Waals surface area contributed by atoms with Gasteiger partial charge in [0.1, 0.15) is 5.82 Å². The minimum absolute atomic E-state index is 0. The smallest absolute Gasteiger partial charge is 0.125 e. The SMILES string of the molecule is Cc1nnc(-c2[c-]c(F)cc(F)c2)n1-c1ccccc1.[Ir]. The fraction of sp³-hybridized carbons (Fsp3) is 0.0667. The predicted octanol–water partition coefficient (Wildman–Crippen LogP) is 3.32.